The topological polar surface area (TPSA) is 66.5 Å². The van der Waals surface area contributed by atoms with Crippen LogP contribution in [-0.4, -0.2) is 31.2 Å². The third-order valence-corrected chi connectivity index (χ3v) is 4.47. The van der Waals surface area contributed by atoms with Crippen molar-refractivity contribution < 1.29 is 13.2 Å². The molecular weight excluding hydrogens is 264 g/mol. The van der Waals surface area contributed by atoms with Crippen LogP contribution in [0.5, 0.6) is 0 Å². The van der Waals surface area contributed by atoms with Gasteiger partial charge in [-0.1, -0.05) is 12.2 Å². The van der Waals surface area contributed by atoms with Gasteiger partial charge in [0.2, 0.25) is 16.8 Å². The van der Waals surface area contributed by atoms with Crippen molar-refractivity contribution in [3.05, 3.63) is 23.4 Å². The van der Waals surface area contributed by atoms with Crippen LogP contribution in [0, 0.1) is 5.92 Å². The van der Waals surface area contributed by atoms with Gasteiger partial charge in [0.25, 0.3) is 0 Å². The number of rotatable bonds is 3. The Morgan fingerprint density at radius 1 is 1.42 bits per heavy atom. The Morgan fingerprint density at radius 2 is 2.05 bits per heavy atom. The van der Waals surface area contributed by atoms with Gasteiger partial charge < -0.3 is 5.32 Å². The summed E-state index contributed by atoms with van der Waals surface area (Å²) in [6, 6.07) is -0.150. The monoisotopic (exact) mass is 286 g/mol. The standard InChI is InChI=1S/C13H22N2O3S/c1-5-11-7-12(8-14-10(4)16)9(3)15(19(17)18)13(11)6-2/h5-6,9,12,19H,7-8H2,1-4H3,(H,14,16)/b11-5-,13-6+/t9-,12+/m1/s1. The van der Waals surface area contributed by atoms with Crippen LogP contribution >= 0.6 is 0 Å². The number of allylic oxidation sites excluding steroid dienone is 3. The highest BCUT2D eigenvalue weighted by atomic mass is 32.2. The molecule has 19 heavy (non-hydrogen) atoms. The van der Waals surface area contributed by atoms with E-state index in [4.69, 9.17) is 0 Å². The predicted octanol–water partition coefficient (Wildman–Crippen LogP) is 1.21. The van der Waals surface area contributed by atoms with Crippen molar-refractivity contribution in [1.29, 1.82) is 0 Å². The summed E-state index contributed by atoms with van der Waals surface area (Å²) < 4.78 is 24.4. The van der Waals surface area contributed by atoms with Gasteiger partial charge in [0, 0.05) is 25.4 Å². The maximum Gasteiger partial charge on any atom is 0.225 e. The Bertz CT molecular complexity index is 472. The van der Waals surface area contributed by atoms with E-state index in [1.165, 1.54) is 11.2 Å². The molecule has 2 atom stereocenters. The van der Waals surface area contributed by atoms with Crippen molar-refractivity contribution in [2.75, 3.05) is 6.54 Å². The summed E-state index contributed by atoms with van der Waals surface area (Å²) in [5.74, 6) is -0.00387. The smallest absolute Gasteiger partial charge is 0.225 e. The van der Waals surface area contributed by atoms with Crippen LogP contribution in [0.2, 0.25) is 0 Å². The first-order valence-corrected chi connectivity index (χ1v) is 7.55. The molecular formula is C13H22N2O3S. The van der Waals surface area contributed by atoms with Gasteiger partial charge in [-0.25, -0.2) is 8.42 Å². The predicted molar refractivity (Wildman–Crippen MR) is 75.9 cm³/mol. The Labute approximate surface area is 116 Å². The van der Waals surface area contributed by atoms with E-state index < -0.39 is 10.9 Å². The Kier molecular flexibility index (Phi) is 5.60. The minimum absolute atomic E-state index is 0.0895. The lowest BCUT2D eigenvalue weighted by atomic mass is 9.86. The second kappa shape index (κ2) is 6.75. The van der Waals surface area contributed by atoms with Crippen LogP contribution in [0.15, 0.2) is 23.4 Å². The molecule has 0 saturated carbocycles. The van der Waals surface area contributed by atoms with Gasteiger partial charge in [0.1, 0.15) is 0 Å². The largest absolute Gasteiger partial charge is 0.356 e. The molecule has 0 bridgehead atoms. The fourth-order valence-electron chi connectivity index (χ4n) is 2.46. The molecule has 1 rings (SSSR count). The third kappa shape index (κ3) is 3.59. The van der Waals surface area contributed by atoms with Gasteiger partial charge in [-0.15, -0.1) is 0 Å². The summed E-state index contributed by atoms with van der Waals surface area (Å²) in [7, 11) is -2.68. The maximum atomic E-state index is 11.5. The first-order valence-electron chi connectivity index (χ1n) is 6.42. The lowest BCUT2D eigenvalue weighted by Gasteiger charge is -2.40. The van der Waals surface area contributed by atoms with Crippen LogP contribution in [0.1, 0.15) is 34.1 Å². The third-order valence-electron chi connectivity index (χ3n) is 3.54. The molecule has 0 radical (unpaired) electrons. The van der Waals surface area contributed by atoms with E-state index in [-0.39, 0.29) is 17.9 Å². The van der Waals surface area contributed by atoms with Crippen molar-refractivity contribution in [1.82, 2.24) is 9.62 Å². The number of amides is 1. The molecule has 0 aromatic rings. The molecule has 0 spiro atoms. The van der Waals surface area contributed by atoms with Gasteiger partial charge in [-0.05, 0) is 32.8 Å². The lowest BCUT2D eigenvalue weighted by molar-refractivity contribution is -0.119. The fraction of sp³-hybridized carbons (Fsp3) is 0.615. The SMILES string of the molecule is C/C=C1/C[C@@H](CNC(C)=O)[C@@H](C)N([SH](=O)=O)/C1=C/C. The minimum atomic E-state index is -2.68. The number of hydrogen-bond acceptors (Lipinski definition) is 3. The molecule has 1 fully saturated rings. The molecule has 1 amide bonds. The number of carbonyl (C=O) groups is 1. The average Bonchev–Trinajstić information content (AvgIpc) is 2.35. The second-order valence-corrected chi connectivity index (χ2v) is 5.62. The van der Waals surface area contributed by atoms with Crippen LogP contribution in [0.3, 0.4) is 0 Å². The zero-order valence-corrected chi connectivity index (χ0v) is 12.7. The zero-order chi connectivity index (χ0) is 14.6. The maximum absolute atomic E-state index is 11.5. The lowest BCUT2D eigenvalue weighted by Crippen LogP contribution is -2.46. The van der Waals surface area contributed by atoms with Gasteiger partial charge in [-0.2, -0.15) is 0 Å². The van der Waals surface area contributed by atoms with Gasteiger partial charge in [0.15, 0.2) is 0 Å². The van der Waals surface area contributed by atoms with Crippen LogP contribution in [0.4, 0.5) is 0 Å². The van der Waals surface area contributed by atoms with Crippen molar-refractivity contribution in [2.24, 2.45) is 5.92 Å². The van der Waals surface area contributed by atoms with Crippen LogP contribution in [-0.2, 0) is 15.7 Å². The number of nitrogens with zero attached hydrogens (tertiary/aromatic N) is 1. The van der Waals surface area contributed by atoms with E-state index in [0.29, 0.717) is 6.54 Å². The highest BCUT2D eigenvalue weighted by Gasteiger charge is 2.34. The highest BCUT2D eigenvalue weighted by molar-refractivity contribution is 7.70. The van der Waals surface area contributed by atoms with Crippen molar-refractivity contribution >= 4 is 16.8 Å². The first kappa shape index (κ1) is 15.8. The van der Waals surface area contributed by atoms with Crippen LogP contribution in [0.25, 0.3) is 0 Å². The minimum Gasteiger partial charge on any atom is -0.356 e. The molecule has 1 aliphatic heterocycles. The van der Waals surface area contributed by atoms with Gasteiger partial charge in [-0.3, -0.25) is 9.10 Å². The first-order chi connectivity index (χ1) is 8.92. The number of piperidine rings is 1. The summed E-state index contributed by atoms with van der Waals surface area (Å²) in [5.41, 5.74) is 1.76. The van der Waals surface area contributed by atoms with E-state index in [1.54, 1.807) is 0 Å². The van der Waals surface area contributed by atoms with E-state index >= 15 is 0 Å². The number of nitrogens with one attached hydrogen (secondary N) is 1. The summed E-state index contributed by atoms with van der Waals surface area (Å²) in [6.45, 7) is 7.58. The van der Waals surface area contributed by atoms with E-state index in [2.05, 4.69) is 5.32 Å². The molecule has 0 aliphatic carbocycles. The molecule has 0 unspecified atom stereocenters. The van der Waals surface area contributed by atoms with Gasteiger partial charge >= 0.3 is 0 Å². The van der Waals surface area contributed by atoms with Crippen molar-refractivity contribution in [2.45, 2.75) is 40.2 Å². The molecule has 1 saturated heterocycles. The highest BCUT2D eigenvalue weighted by Crippen LogP contribution is 2.34. The number of carbonyl (C=O) groups excluding carboxylic acids is 1. The quantitative estimate of drug-likeness (QED) is 0.766. The molecule has 5 nitrogen and oxygen atoms in total. The summed E-state index contributed by atoms with van der Waals surface area (Å²) in [6.07, 6.45) is 4.54. The van der Waals surface area contributed by atoms with Crippen molar-refractivity contribution in [3.63, 3.8) is 0 Å². The fourth-order valence-corrected chi connectivity index (χ4v) is 3.37. The Hall–Kier alpha value is -1.30. The Morgan fingerprint density at radius 3 is 2.47 bits per heavy atom. The molecule has 1 heterocycles. The summed E-state index contributed by atoms with van der Waals surface area (Å²) in [5, 5.41) is 2.77. The molecule has 108 valence electrons. The summed E-state index contributed by atoms with van der Waals surface area (Å²) in [4.78, 5) is 11.0. The summed E-state index contributed by atoms with van der Waals surface area (Å²) >= 11 is 0. The van der Waals surface area contributed by atoms with E-state index in [1.807, 2.05) is 32.9 Å². The van der Waals surface area contributed by atoms with E-state index in [9.17, 15) is 13.2 Å². The molecule has 1 N–H and O–H groups in total. The number of thiol groups is 1. The molecule has 6 heteroatoms. The molecule has 0 aromatic heterocycles. The van der Waals surface area contributed by atoms with E-state index in [0.717, 1.165) is 17.7 Å². The Balaban J connectivity index is 3.04. The zero-order valence-electron chi connectivity index (χ0n) is 11.8. The van der Waals surface area contributed by atoms with Crippen LogP contribution < -0.4 is 5.32 Å². The number of hydrogen-bond donors (Lipinski definition) is 2. The average molecular weight is 286 g/mol. The molecule has 1 aliphatic rings. The van der Waals surface area contributed by atoms with Crippen molar-refractivity contribution in [3.8, 4) is 0 Å². The van der Waals surface area contributed by atoms with Gasteiger partial charge in [0.05, 0.1) is 5.70 Å². The molecule has 0 aromatic carbocycles. The normalized spacial score (nSPS) is 28.2. The second-order valence-electron chi connectivity index (χ2n) is 4.71.